The van der Waals surface area contributed by atoms with Gasteiger partial charge in [0.2, 0.25) is 0 Å². The fourth-order valence-corrected chi connectivity index (χ4v) is 8.24. The fourth-order valence-electron chi connectivity index (χ4n) is 3.53. The summed E-state index contributed by atoms with van der Waals surface area (Å²) in [5.41, 5.74) is 0.399. The lowest BCUT2D eigenvalue weighted by molar-refractivity contribution is 0.565. The zero-order chi connectivity index (χ0) is 18.7. The molecule has 136 valence electrons. The van der Waals surface area contributed by atoms with Gasteiger partial charge in [-0.15, -0.1) is 0 Å². The molecule has 0 aromatic heterocycles. The highest BCUT2D eigenvalue weighted by Gasteiger charge is 2.35. The number of hydrogen-bond donors (Lipinski definition) is 0. The van der Waals surface area contributed by atoms with Crippen LogP contribution in [0.15, 0.2) is 84.2 Å². The molecule has 26 heavy (non-hydrogen) atoms. The van der Waals surface area contributed by atoms with E-state index in [1.165, 1.54) is 10.6 Å². The van der Waals surface area contributed by atoms with E-state index in [-0.39, 0.29) is 11.1 Å². The van der Waals surface area contributed by atoms with Crippen LogP contribution >= 0.6 is 15.7 Å². The lowest BCUT2D eigenvalue weighted by Gasteiger charge is -2.32. The van der Waals surface area contributed by atoms with Crippen LogP contribution in [0.1, 0.15) is 27.7 Å². The maximum Gasteiger partial charge on any atom is 0.105 e. The van der Waals surface area contributed by atoms with Crippen LogP contribution in [0.2, 0.25) is 0 Å². The van der Waals surface area contributed by atoms with Gasteiger partial charge in [0, 0.05) is 11.1 Å². The van der Waals surface area contributed by atoms with E-state index >= 15 is 0 Å². The molecule has 0 bridgehead atoms. The quantitative estimate of drug-likeness (QED) is 0.585. The van der Waals surface area contributed by atoms with Crippen molar-refractivity contribution in [3.8, 4) is 0 Å². The summed E-state index contributed by atoms with van der Waals surface area (Å²) in [6.07, 6.45) is 6.47. The SMILES string of the molecule is C[C@H](C1C=CC=C1[PH](=O)C(C)(C)C)P(c1ccccc1)c1ccccc1. The van der Waals surface area contributed by atoms with Gasteiger partial charge < -0.3 is 4.57 Å². The van der Waals surface area contributed by atoms with Crippen LogP contribution in [0.5, 0.6) is 0 Å². The number of rotatable bonds is 5. The van der Waals surface area contributed by atoms with Crippen LogP contribution in [-0.2, 0) is 4.57 Å². The van der Waals surface area contributed by atoms with Crippen molar-refractivity contribution in [2.24, 2.45) is 5.92 Å². The molecule has 0 N–H and O–H groups in total. The first-order valence-corrected chi connectivity index (χ1v) is 12.0. The average molecular weight is 382 g/mol. The molecule has 0 radical (unpaired) electrons. The standard InChI is InChI=1S/C23H28OP2/c1-18(21-16-11-17-22(21)26(24)23(2,3)4)25(19-12-7-5-8-13-19)20-14-9-6-10-15-20/h5-18,21,26H,1-4H3/t18-,21?/m1/s1. The van der Waals surface area contributed by atoms with E-state index in [1.807, 2.05) is 0 Å². The molecular formula is C23H28OP2. The predicted octanol–water partition coefficient (Wildman–Crippen LogP) is 5.94. The topological polar surface area (TPSA) is 17.1 Å². The van der Waals surface area contributed by atoms with E-state index in [2.05, 4.69) is 107 Å². The predicted molar refractivity (Wildman–Crippen MR) is 118 cm³/mol. The third-order valence-electron chi connectivity index (χ3n) is 4.89. The van der Waals surface area contributed by atoms with Crippen LogP contribution in [0.4, 0.5) is 0 Å². The smallest absolute Gasteiger partial charge is 0.105 e. The zero-order valence-corrected chi connectivity index (χ0v) is 17.9. The van der Waals surface area contributed by atoms with Crippen molar-refractivity contribution in [1.29, 1.82) is 0 Å². The van der Waals surface area contributed by atoms with Crippen molar-refractivity contribution < 1.29 is 4.57 Å². The molecule has 3 heteroatoms. The van der Waals surface area contributed by atoms with Gasteiger partial charge in [0.25, 0.3) is 0 Å². The Balaban J connectivity index is 1.99. The zero-order valence-electron chi connectivity index (χ0n) is 16.0. The molecule has 0 saturated heterocycles. The summed E-state index contributed by atoms with van der Waals surface area (Å²) in [5.74, 6) is 0.257. The molecule has 2 unspecified atom stereocenters. The van der Waals surface area contributed by atoms with E-state index in [1.54, 1.807) is 0 Å². The van der Waals surface area contributed by atoms with Crippen LogP contribution in [0, 0.1) is 5.92 Å². The fraction of sp³-hybridized carbons (Fsp3) is 0.304. The van der Waals surface area contributed by atoms with Gasteiger partial charge in [-0.25, -0.2) is 0 Å². The monoisotopic (exact) mass is 382 g/mol. The Bertz CT molecular complexity index is 777. The minimum absolute atomic E-state index is 0.164. The molecular weight excluding hydrogens is 354 g/mol. The number of allylic oxidation sites excluding steroid dienone is 4. The highest BCUT2D eigenvalue weighted by molar-refractivity contribution is 7.73. The van der Waals surface area contributed by atoms with Crippen LogP contribution < -0.4 is 10.6 Å². The molecule has 1 aliphatic rings. The van der Waals surface area contributed by atoms with E-state index in [0.29, 0.717) is 5.66 Å². The molecule has 3 rings (SSSR count). The first-order chi connectivity index (χ1) is 12.4. The Morgan fingerprint density at radius 2 is 1.42 bits per heavy atom. The summed E-state index contributed by atoms with van der Waals surface area (Å²) < 4.78 is 13.2. The summed E-state index contributed by atoms with van der Waals surface area (Å²) in [4.78, 5) is 0. The first kappa shape index (κ1) is 19.3. The van der Waals surface area contributed by atoms with E-state index in [0.717, 1.165) is 5.31 Å². The van der Waals surface area contributed by atoms with Crippen molar-refractivity contribution in [3.63, 3.8) is 0 Å². The second-order valence-corrected chi connectivity index (χ2v) is 13.2. The van der Waals surface area contributed by atoms with Gasteiger partial charge in [-0.1, -0.05) is 107 Å². The van der Waals surface area contributed by atoms with Crippen molar-refractivity contribution in [3.05, 3.63) is 84.2 Å². The molecule has 0 saturated carbocycles. The van der Waals surface area contributed by atoms with E-state index in [4.69, 9.17) is 0 Å². The normalized spacial score (nSPS) is 19.4. The summed E-state index contributed by atoms with van der Waals surface area (Å²) in [6.45, 7) is 8.60. The van der Waals surface area contributed by atoms with E-state index < -0.39 is 15.7 Å². The molecule has 0 heterocycles. The van der Waals surface area contributed by atoms with Gasteiger partial charge in [-0.2, -0.15) is 0 Å². The Labute approximate surface area is 159 Å². The first-order valence-electron chi connectivity index (χ1n) is 9.22. The largest absolute Gasteiger partial charge is 0.322 e. The maximum absolute atomic E-state index is 13.2. The Hall–Kier alpha value is -1.42. The molecule has 1 nitrogen and oxygen atoms in total. The Morgan fingerprint density at radius 1 is 0.923 bits per heavy atom. The number of hydrogen-bond acceptors (Lipinski definition) is 1. The summed E-state index contributed by atoms with van der Waals surface area (Å²) in [7, 11) is -2.34. The van der Waals surface area contributed by atoms with Crippen molar-refractivity contribution in [2.45, 2.75) is 38.5 Å². The summed E-state index contributed by atoms with van der Waals surface area (Å²) in [5, 5.41) is 3.75. The van der Waals surface area contributed by atoms with Crippen LogP contribution in [0.25, 0.3) is 0 Å². The number of benzene rings is 2. The molecule has 2 aromatic rings. The molecule has 2 aromatic carbocycles. The Kier molecular flexibility index (Phi) is 6.01. The van der Waals surface area contributed by atoms with Gasteiger partial charge in [-0.05, 0) is 29.5 Å². The van der Waals surface area contributed by atoms with Crippen LogP contribution in [-0.4, -0.2) is 10.8 Å². The second kappa shape index (κ2) is 8.08. The third-order valence-corrected chi connectivity index (χ3v) is 10.1. The van der Waals surface area contributed by atoms with Gasteiger partial charge in [0.05, 0.1) is 0 Å². The molecule has 1 aliphatic carbocycles. The average Bonchev–Trinajstić information content (AvgIpc) is 3.12. The molecule has 0 fully saturated rings. The van der Waals surface area contributed by atoms with Crippen LogP contribution in [0.3, 0.4) is 0 Å². The molecule has 0 amide bonds. The summed E-state index contributed by atoms with van der Waals surface area (Å²) >= 11 is 0. The maximum atomic E-state index is 13.2. The van der Waals surface area contributed by atoms with Gasteiger partial charge in [0.1, 0.15) is 7.80 Å². The minimum atomic E-state index is -1.81. The van der Waals surface area contributed by atoms with Gasteiger partial charge in [0.15, 0.2) is 0 Å². The van der Waals surface area contributed by atoms with Gasteiger partial charge >= 0.3 is 0 Å². The molecule has 0 aliphatic heterocycles. The molecule has 3 atom stereocenters. The lowest BCUT2D eigenvalue weighted by Crippen LogP contribution is -2.26. The van der Waals surface area contributed by atoms with E-state index in [9.17, 15) is 4.57 Å². The third kappa shape index (κ3) is 4.11. The minimum Gasteiger partial charge on any atom is -0.322 e. The Morgan fingerprint density at radius 3 is 1.88 bits per heavy atom. The highest BCUT2D eigenvalue weighted by atomic mass is 31.1. The van der Waals surface area contributed by atoms with Gasteiger partial charge in [-0.3, -0.25) is 0 Å². The molecule has 0 spiro atoms. The summed E-state index contributed by atoms with van der Waals surface area (Å²) in [6, 6.07) is 21.6. The van der Waals surface area contributed by atoms with Crippen molar-refractivity contribution in [2.75, 3.05) is 0 Å². The second-order valence-electron chi connectivity index (χ2n) is 7.89. The van der Waals surface area contributed by atoms with Crippen molar-refractivity contribution in [1.82, 2.24) is 0 Å². The lowest BCUT2D eigenvalue weighted by atomic mass is 10.1. The highest BCUT2D eigenvalue weighted by Crippen LogP contribution is 2.55. The van der Waals surface area contributed by atoms with Crippen molar-refractivity contribution >= 4 is 26.3 Å².